The lowest BCUT2D eigenvalue weighted by atomic mass is 10.4. The van der Waals surface area contributed by atoms with Gasteiger partial charge in [0.15, 0.2) is 5.13 Å². The van der Waals surface area contributed by atoms with Crippen molar-refractivity contribution >= 4 is 28.2 Å². The number of thiazole rings is 1. The second kappa shape index (κ2) is 9.42. The highest BCUT2D eigenvalue weighted by Crippen LogP contribution is 2.24. The van der Waals surface area contributed by atoms with Crippen LogP contribution >= 0.6 is 11.3 Å². The first-order valence-corrected chi connectivity index (χ1v) is 6.99. The number of nitrogen functional groups attached to an aromatic ring is 1. The number of alkyl halides is 2. The van der Waals surface area contributed by atoms with Gasteiger partial charge in [-0.25, -0.2) is 13.8 Å². The van der Waals surface area contributed by atoms with Crippen molar-refractivity contribution in [2.45, 2.75) is 6.43 Å². The molecule has 0 aromatic carbocycles. The van der Waals surface area contributed by atoms with Gasteiger partial charge in [0, 0.05) is 20.2 Å². The van der Waals surface area contributed by atoms with Crippen molar-refractivity contribution in [1.82, 2.24) is 10.3 Å². The monoisotopic (exact) mass is 324 g/mol. The summed E-state index contributed by atoms with van der Waals surface area (Å²) >= 11 is 1.11. The molecule has 4 N–H and O–H groups in total. The van der Waals surface area contributed by atoms with Crippen molar-refractivity contribution in [3.05, 3.63) is 4.88 Å². The molecule has 1 aromatic rings. The lowest BCUT2D eigenvalue weighted by Crippen LogP contribution is -2.27. The summed E-state index contributed by atoms with van der Waals surface area (Å²) in [5, 5.41) is 6.01. The van der Waals surface area contributed by atoms with E-state index in [0.29, 0.717) is 18.3 Å². The largest absolute Gasteiger partial charge is 0.383 e. The summed E-state index contributed by atoms with van der Waals surface area (Å²) in [5.41, 5.74) is 5.65. The van der Waals surface area contributed by atoms with Gasteiger partial charge in [-0.3, -0.25) is 4.79 Å². The molecule has 1 amide bonds. The van der Waals surface area contributed by atoms with Gasteiger partial charge in [0.2, 0.25) is 0 Å². The minimum atomic E-state index is -2.52. The van der Waals surface area contributed by atoms with E-state index in [1.807, 2.05) is 0 Å². The Morgan fingerprint density at radius 2 is 2.19 bits per heavy atom. The Kier molecular flexibility index (Phi) is 7.87. The number of methoxy groups -OCH3 is 1. The maximum atomic E-state index is 11.8. The summed E-state index contributed by atoms with van der Waals surface area (Å²) in [4.78, 5) is 16.1. The number of carbonyl (C=O) groups excluding carboxylic acids is 1. The Balaban J connectivity index is 2.36. The van der Waals surface area contributed by atoms with Crippen LogP contribution in [0.15, 0.2) is 0 Å². The number of nitrogens with two attached hydrogens (primary N) is 1. The fourth-order valence-electron chi connectivity index (χ4n) is 1.32. The van der Waals surface area contributed by atoms with E-state index >= 15 is 0 Å². The topological polar surface area (TPSA) is 98.5 Å². The van der Waals surface area contributed by atoms with Crippen LogP contribution < -0.4 is 16.4 Å². The smallest absolute Gasteiger partial charge is 0.265 e. The molecule has 7 nitrogen and oxygen atoms in total. The van der Waals surface area contributed by atoms with Crippen LogP contribution in [0.4, 0.5) is 19.7 Å². The van der Waals surface area contributed by atoms with E-state index in [2.05, 4.69) is 20.4 Å². The fraction of sp³-hybridized carbons (Fsp3) is 0.636. The molecule has 1 rings (SSSR count). The molecule has 0 unspecified atom stereocenters. The van der Waals surface area contributed by atoms with Gasteiger partial charge in [-0.2, -0.15) is 0 Å². The highest BCUT2D eigenvalue weighted by atomic mass is 32.1. The number of carbonyl (C=O) groups is 1. The average molecular weight is 324 g/mol. The number of amides is 1. The summed E-state index contributed by atoms with van der Waals surface area (Å²) < 4.78 is 33.2. The zero-order valence-corrected chi connectivity index (χ0v) is 12.3. The number of nitrogens with one attached hydrogen (secondary N) is 2. The van der Waals surface area contributed by atoms with E-state index in [-0.39, 0.29) is 23.8 Å². The lowest BCUT2D eigenvalue weighted by molar-refractivity contribution is 0.0188. The maximum absolute atomic E-state index is 11.8. The van der Waals surface area contributed by atoms with E-state index in [9.17, 15) is 13.6 Å². The van der Waals surface area contributed by atoms with Gasteiger partial charge < -0.3 is 25.8 Å². The van der Waals surface area contributed by atoms with Crippen molar-refractivity contribution in [2.24, 2.45) is 0 Å². The highest BCUT2D eigenvalue weighted by Gasteiger charge is 2.15. The standard InChI is InChI=1S/C11H18F2N4O3S/c1-19-4-2-16-11-17-9(14)8(21-11)10(18)15-3-5-20-6-7(12)13/h7H,2-6,14H2,1H3,(H,15,18)(H,16,17). The predicted molar refractivity (Wildman–Crippen MR) is 76.0 cm³/mol. The Morgan fingerprint density at radius 1 is 1.43 bits per heavy atom. The summed E-state index contributed by atoms with van der Waals surface area (Å²) in [7, 11) is 1.58. The van der Waals surface area contributed by atoms with Crippen molar-refractivity contribution in [3.8, 4) is 0 Å². The third-order valence-electron chi connectivity index (χ3n) is 2.22. The van der Waals surface area contributed by atoms with E-state index in [1.54, 1.807) is 7.11 Å². The summed E-state index contributed by atoms with van der Waals surface area (Å²) in [6.07, 6.45) is -2.52. The summed E-state index contributed by atoms with van der Waals surface area (Å²) in [5.74, 6) is -0.295. The highest BCUT2D eigenvalue weighted by molar-refractivity contribution is 7.18. The number of hydrogen-bond donors (Lipinski definition) is 3. The average Bonchev–Trinajstić information content (AvgIpc) is 2.79. The van der Waals surface area contributed by atoms with Crippen molar-refractivity contribution < 1.29 is 23.0 Å². The van der Waals surface area contributed by atoms with Crippen LogP contribution in [-0.4, -0.2) is 57.3 Å². The van der Waals surface area contributed by atoms with Gasteiger partial charge in [-0.05, 0) is 0 Å². The summed E-state index contributed by atoms with van der Waals surface area (Å²) in [6, 6.07) is 0. The van der Waals surface area contributed by atoms with Crippen LogP contribution in [0.25, 0.3) is 0 Å². The third-order valence-corrected chi connectivity index (χ3v) is 3.25. The van der Waals surface area contributed by atoms with E-state index in [0.717, 1.165) is 11.3 Å². The Hall–Kier alpha value is -1.52. The van der Waals surface area contributed by atoms with Crippen LogP contribution in [0.1, 0.15) is 9.67 Å². The molecule has 1 aromatic heterocycles. The number of ether oxygens (including phenoxy) is 2. The number of halogens is 2. The van der Waals surface area contributed by atoms with Crippen LogP contribution in [0.2, 0.25) is 0 Å². The summed E-state index contributed by atoms with van der Waals surface area (Å²) in [6.45, 7) is 0.531. The van der Waals surface area contributed by atoms with Gasteiger partial charge in [0.05, 0.1) is 13.2 Å². The quantitative estimate of drug-likeness (QED) is 0.551. The Bertz CT molecular complexity index is 445. The number of nitrogens with zero attached hydrogens (tertiary/aromatic N) is 1. The second-order valence-corrected chi connectivity index (χ2v) is 4.87. The molecule has 0 bridgehead atoms. The van der Waals surface area contributed by atoms with E-state index in [4.69, 9.17) is 10.5 Å². The van der Waals surface area contributed by atoms with Gasteiger partial charge in [0.25, 0.3) is 12.3 Å². The van der Waals surface area contributed by atoms with Crippen molar-refractivity contribution in [2.75, 3.05) is 51.1 Å². The zero-order chi connectivity index (χ0) is 15.7. The molecule has 0 radical (unpaired) electrons. The fourth-order valence-corrected chi connectivity index (χ4v) is 2.15. The molecule has 0 saturated heterocycles. The SMILES string of the molecule is COCCNc1nc(N)c(C(=O)NCCOCC(F)F)s1. The molecule has 21 heavy (non-hydrogen) atoms. The van der Waals surface area contributed by atoms with E-state index < -0.39 is 18.9 Å². The molecule has 0 aliphatic heterocycles. The molecule has 0 atom stereocenters. The molecule has 10 heteroatoms. The number of anilines is 2. The Morgan fingerprint density at radius 3 is 2.86 bits per heavy atom. The van der Waals surface area contributed by atoms with Gasteiger partial charge in [-0.1, -0.05) is 11.3 Å². The number of rotatable bonds is 10. The molecule has 1 heterocycles. The first-order chi connectivity index (χ1) is 10.0. The molecule has 120 valence electrons. The molecule has 0 aliphatic carbocycles. The second-order valence-electron chi connectivity index (χ2n) is 3.87. The first-order valence-electron chi connectivity index (χ1n) is 6.17. The zero-order valence-electron chi connectivity index (χ0n) is 11.5. The lowest BCUT2D eigenvalue weighted by Gasteiger charge is -2.05. The maximum Gasteiger partial charge on any atom is 0.265 e. The minimum Gasteiger partial charge on any atom is -0.383 e. The van der Waals surface area contributed by atoms with Gasteiger partial charge in [-0.15, -0.1) is 0 Å². The molecule has 0 fully saturated rings. The van der Waals surface area contributed by atoms with Crippen LogP contribution in [0.3, 0.4) is 0 Å². The normalized spacial score (nSPS) is 10.9. The molecular formula is C11H18F2N4O3S. The van der Waals surface area contributed by atoms with Crippen molar-refractivity contribution in [3.63, 3.8) is 0 Å². The van der Waals surface area contributed by atoms with Crippen LogP contribution in [-0.2, 0) is 9.47 Å². The van der Waals surface area contributed by atoms with Crippen LogP contribution in [0, 0.1) is 0 Å². The molecule has 0 spiro atoms. The van der Waals surface area contributed by atoms with Crippen molar-refractivity contribution in [1.29, 1.82) is 0 Å². The number of aromatic nitrogens is 1. The minimum absolute atomic E-state index is 0.00767. The van der Waals surface area contributed by atoms with Crippen LogP contribution in [0.5, 0.6) is 0 Å². The Labute approximate surface area is 124 Å². The number of hydrogen-bond acceptors (Lipinski definition) is 7. The molecular weight excluding hydrogens is 306 g/mol. The van der Waals surface area contributed by atoms with Gasteiger partial charge >= 0.3 is 0 Å². The van der Waals surface area contributed by atoms with E-state index in [1.165, 1.54) is 0 Å². The third kappa shape index (κ3) is 6.65. The molecule has 0 aliphatic rings. The van der Waals surface area contributed by atoms with Gasteiger partial charge in [0.1, 0.15) is 17.3 Å². The predicted octanol–water partition coefficient (Wildman–Crippen LogP) is 0.795. The molecule has 0 saturated carbocycles. The first kappa shape index (κ1) is 17.5.